The summed E-state index contributed by atoms with van der Waals surface area (Å²) in [5.41, 5.74) is 1.16. The van der Waals surface area contributed by atoms with Crippen LogP contribution in [0.1, 0.15) is 19.4 Å². The molecule has 0 spiro atoms. The monoisotopic (exact) mass is 289 g/mol. The highest BCUT2D eigenvalue weighted by Crippen LogP contribution is 2.13. The fraction of sp³-hybridized carbons (Fsp3) is 0.438. The second-order valence-corrected chi connectivity index (χ2v) is 5.38. The molecule has 114 valence electrons. The Kier molecular flexibility index (Phi) is 5.78. The standard InChI is InChI=1S/C16H23N3O2/c1-13(2)17-10-15(20)12-21-16-6-4-14(5-7-16)11-19-9-3-8-18-19/h3-9,13,15,17,20H,10-12H2,1-2H3. The van der Waals surface area contributed by atoms with Crippen LogP contribution in [0.15, 0.2) is 42.7 Å². The molecule has 0 bridgehead atoms. The zero-order chi connectivity index (χ0) is 15.1. The number of nitrogens with zero attached hydrogens (tertiary/aromatic N) is 2. The molecule has 1 atom stereocenters. The second-order valence-electron chi connectivity index (χ2n) is 5.38. The molecule has 1 aromatic heterocycles. The largest absolute Gasteiger partial charge is 0.491 e. The van der Waals surface area contributed by atoms with Crippen LogP contribution in [0.4, 0.5) is 0 Å². The molecular weight excluding hydrogens is 266 g/mol. The van der Waals surface area contributed by atoms with Gasteiger partial charge in [-0.2, -0.15) is 5.10 Å². The van der Waals surface area contributed by atoms with E-state index in [1.807, 2.05) is 55.1 Å². The Hall–Kier alpha value is -1.85. The first-order valence-electron chi connectivity index (χ1n) is 7.24. The predicted octanol–water partition coefficient (Wildman–Crippen LogP) is 1.67. The summed E-state index contributed by atoms with van der Waals surface area (Å²) in [5, 5.41) is 17.1. The number of aliphatic hydroxyl groups is 1. The van der Waals surface area contributed by atoms with Crippen molar-refractivity contribution in [2.24, 2.45) is 0 Å². The highest BCUT2D eigenvalue weighted by atomic mass is 16.5. The fourth-order valence-corrected chi connectivity index (χ4v) is 1.90. The number of aliphatic hydroxyl groups excluding tert-OH is 1. The minimum atomic E-state index is -0.504. The van der Waals surface area contributed by atoms with E-state index in [9.17, 15) is 5.11 Å². The molecule has 1 aromatic carbocycles. The van der Waals surface area contributed by atoms with E-state index < -0.39 is 6.10 Å². The molecular formula is C16H23N3O2. The summed E-state index contributed by atoms with van der Waals surface area (Å²) in [4.78, 5) is 0. The van der Waals surface area contributed by atoms with Gasteiger partial charge >= 0.3 is 0 Å². The van der Waals surface area contributed by atoms with Crippen LogP contribution in [0.5, 0.6) is 5.75 Å². The zero-order valence-electron chi connectivity index (χ0n) is 12.6. The van der Waals surface area contributed by atoms with Gasteiger partial charge in [0.2, 0.25) is 0 Å². The maximum absolute atomic E-state index is 9.79. The SMILES string of the molecule is CC(C)NCC(O)COc1ccc(Cn2cccn2)cc1. The summed E-state index contributed by atoms with van der Waals surface area (Å²) in [6.45, 7) is 5.67. The average molecular weight is 289 g/mol. The molecule has 0 saturated carbocycles. The molecule has 0 saturated heterocycles. The van der Waals surface area contributed by atoms with E-state index in [0.29, 0.717) is 12.6 Å². The minimum absolute atomic E-state index is 0.290. The van der Waals surface area contributed by atoms with E-state index >= 15 is 0 Å². The Bertz CT molecular complexity index is 509. The number of aromatic nitrogens is 2. The molecule has 0 amide bonds. The maximum Gasteiger partial charge on any atom is 0.119 e. The number of benzene rings is 1. The molecule has 5 heteroatoms. The van der Waals surface area contributed by atoms with Crippen molar-refractivity contribution in [2.45, 2.75) is 32.5 Å². The van der Waals surface area contributed by atoms with Crippen molar-refractivity contribution < 1.29 is 9.84 Å². The fourth-order valence-electron chi connectivity index (χ4n) is 1.90. The van der Waals surface area contributed by atoms with E-state index in [1.165, 1.54) is 0 Å². The normalized spacial score (nSPS) is 12.6. The number of nitrogens with one attached hydrogen (secondary N) is 1. The summed E-state index contributed by atoms with van der Waals surface area (Å²) < 4.78 is 7.45. The molecule has 0 aliphatic heterocycles. The van der Waals surface area contributed by atoms with Crippen molar-refractivity contribution in [3.63, 3.8) is 0 Å². The molecule has 2 rings (SSSR count). The van der Waals surface area contributed by atoms with Crippen LogP contribution in [0.2, 0.25) is 0 Å². The van der Waals surface area contributed by atoms with Gasteiger partial charge in [-0.15, -0.1) is 0 Å². The summed E-state index contributed by atoms with van der Waals surface area (Å²) >= 11 is 0. The van der Waals surface area contributed by atoms with E-state index in [2.05, 4.69) is 10.4 Å². The summed E-state index contributed by atoms with van der Waals surface area (Å²) in [7, 11) is 0. The number of ether oxygens (including phenoxy) is 1. The van der Waals surface area contributed by atoms with Crippen LogP contribution >= 0.6 is 0 Å². The minimum Gasteiger partial charge on any atom is -0.491 e. The van der Waals surface area contributed by atoms with Gasteiger partial charge in [0, 0.05) is 25.0 Å². The summed E-state index contributed by atoms with van der Waals surface area (Å²) in [6, 6.07) is 10.1. The first kappa shape index (κ1) is 15.5. The van der Waals surface area contributed by atoms with Gasteiger partial charge in [-0.25, -0.2) is 0 Å². The molecule has 0 aliphatic rings. The Morgan fingerprint density at radius 1 is 1.29 bits per heavy atom. The highest BCUT2D eigenvalue weighted by molar-refractivity contribution is 5.27. The zero-order valence-corrected chi connectivity index (χ0v) is 12.6. The Morgan fingerprint density at radius 3 is 2.67 bits per heavy atom. The number of hydrogen-bond acceptors (Lipinski definition) is 4. The molecule has 0 aliphatic carbocycles. The molecule has 0 fully saturated rings. The number of hydrogen-bond donors (Lipinski definition) is 2. The van der Waals surface area contributed by atoms with E-state index in [4.69, 9.17) is 4.74 Å². The van der Waals surface area contributed by atoms with Gasteiger partial charge in [0.1, 0.15) is 18.5 Å². The Balaban J connectivity index is 1.77. The average Bonchev–Trinajstić information content (AvgIpc) is 2.97. The second kappa shape index (κ2) is 7.81. The van der Waals surface area contributed by atoms with E-state index in [-0.39, 0.29) is 6.61 Å². The van der Waals surface area contributed by atoms with Gasteiger partial charge in [0.15, 0.2) is 0 Å². The highest BCUT2D eigenvalue weighted by Gasteiger charge is 2.06. The third-order valence-electron chi connectivity index (χ3n) is 3.03. The first-order chi connectivity index (χ1) is 10.1. The topological polar surface area (TPSA) is 59.3 Å². The van der Waals surface area contributed by atoms with Crippen LogP contribution in [-0.2, 0) is 6.54 Å². The third-order valence-corrected chi connectivity index (χ3v) is 3.03. The Labute approximate surface area is 125 Å². The van der Waals surface area contributed by atoms with Gasteiger partial charge in [-0.1, -0.05) is 26.0 Å². The van der Waals surface area contributed by atoms with E-state index in [1.54, 1.807) is 6.20 Å². The maximum atomic E-state index is 9.79. The first-order valence-corrected chi connectivity index (χ1v) is 7.24. The molecule has 2 aromatic rings. The lowest BCUT2D eigenvalue weighted by Gasteiger charge is -2.15. The van der Waals surface area contributed by atoms with Gasteiger partial charge in [0.05, 0.1) is 6.54 Å². The summed E-state index contributed by atoms with van der Waals surface area (Å²) in [6.07, 6.45) is 3.20. The lowest BCUT2D eigenvalue weighted by molar-refractivity contribution is 0.104. The molecule has 5 nitrogen and oxygen atoms in total. The Morgan fingerprint density at radius 2 is 2.05 bits per heavy atom. The van der Waals surface area contributed by atoms with Crippen molar-refractivity contribution in [1.29, 1.82) is 0 Å². The van der Waals surface area contributed by atoms with Crippen molar-refractivity contribution in [2.75, 3.05) is 13.2 Å². The van der Waals surface area contributed by atoms with Gasteiger partial charge < -0.3 is 15.2 Å². The van der Waals surface area contributed by atoms with Gasteiger partial charge in [0.25, 0.3) is 0 Å². The van der Waals surface area contributed by atoms with Crippen LogP contribution in [0.25, 0.3) is 0 Å². The van der Waals surface area contributed by atoms with Crippen LogP contribution in [0, 0.1) is 0 Å². The van der Waals surface area contributed by atoms with Crippen molar-refractivity contribution >= 4 is 0 Å². The van der Waals surface area contributed by atoms with Crippen molar-refractivity contribution in [1.82, 2.24) is 15.1 Å². The number of rotatable bonds is 8. The molecule has 2 N–H and O–H groups in total. The molecule has 0 radical (unpaired) electrons. The lowest BCUT2D eigenvalue weighted by atomic mass is 10.2. The molecule has 1 unspecified atom stereocenters. The van der Waals surface area contributed by atoms with Gasteiger partial charge in [-0.3, -0.25) is 4.68 Å². The molecule has 21 heavy (non-hydrogen) atoms. The molecule has 1 heterocycles. The van der Waals surface area contributed by atoms with Gasteiger partial charge in [-0.05, 0) is 23.8 Å². The lowest BCUT2D eigenvalue weighted by Crippen LogP contribution is -2.35. The predicted molar refractivity (Wildman–Crippen MR) is 82.4 cm³/mol. The smallest absolute Gasteiger partial charge is 0.119 e. The quantitative estimate of drug-likeness (QED) is 0.776. The van der Waals surface area contributed by atoms with Crippen LogP contribution in [-0.4, -0.2) is 40.2 Å². The summed E-state index contributed by atoms with van der Waals surface area (Å²) in [5.74, 6) is 0.766. The van der Waals surface area contributed by atoms with Crippen molar-refractivity contribution in [3.05, 3.63) is 48.3 Å². The van der Waals surface area contributed by atoms with Crippen LogP contribution in [0.3, 0.4) is 0 Å². The van der Waals surface area contributed by atoms with Crippen LogP contribution < -0.4 is 10.1 Å². The van der Waals surface area contributed by atoms with Crippen molar-refractivity contribution in [3.8, 4) is 5.75 Å². The third kappa shape index (κ3) is 5.57. The van der Waals surface area contributed by atoms with E-state index in [0.717, 1.165) is 17.9 Å².